The second-order valence-corrected chi connectivity index (χ2v) is 4.91. The fourth-order valence-electron chi connectivity index (χ4n) is 2.58. The number of aryl methyl sites for hydroxylation is 1. The van der Waals surface area contributed by atoms with E-state index in [9.17, 15) is 9.18 Å². The zero-order chi connectivity index (χ0) is 13.2. The van der Waals surface area contributed by atoms with E-state index in [1.807, 2.05) is 4.57 Å². The number of aromatic nitrogens is 2. The van der Waals surface area contributed by atoms with Gasteiger partial charge in [0.05, 0.1) is 18.6 Å². The molecule has 0 N–H and O–H groups in total. The van der Waals surface area contributed by atoms with Gasteiger partial charge in [-0.25, -0.2) is 9.37 Å². The van der Waals surface area contributed by atoms with Gasteiger partial charge in [-0.05, 0) is 37.8 Å². The molecule has 1 aromatic heterocycles. The maximum absolute atomic E-state index is 13.1. The largest absolute Gasteiger partial charge is 0.327 e. The van der Waals surface area contributed by atoms with Crippen molar-refractivity contribution < 1.29 is 9.18 Å². The predicted molar refractivity (Wildman–Crippen MR) is 69.6 cm³/mol. The van der Waals surface area contributed by atoms with Crippen LogP contribution in [0.3, 0.4) is 0 Å². The van der Waals surface area contributed by atoms with Crippen LogP contribution in [-0.2, 0) is 19.4 Å². The zero-order valence-electron chi connectivity index (χ0n) is 10.6. The number of nitrogens with zero attached hydrogens (tertiary/aromatic N) is 2. The van der Waals surface area contributed by atoms with Crippen molar-refractivity contribution >= 4 is 5.78 Å². The zero-order valence-corrected chi connectivity index (χ0v) is 10.6. The third-order valence-corrected chi connectivity index (χ3v) is 3.57. The van der Waals surface area contributed by atoms with Gasteiger partial charge in [-0.15, -0.1) is 0 Å². The summed E-state index contributed by atoms with van der Waals surface area (Å²) in [5, 5.41) is 0. The van der Waals surface area contributed by atoms with E-state index in [2.05, 4.69) is 4.98 Å². The van der Waals surface area contributed by atoms with E-state index in [0.29, 0.717) is 5.56 Å². The molecule has 1 aromatic carbocycles. The summed E-state index contributed by atoms with van der Waals surface area (Å²) in [5.41, 5.74) is 2.69. The molecule has 4 heteroatoms. The molecular weight excluding hydrogens is 243 g/mol. The number of carbonyl (C=O) groups is 1. The highest BCUT2D eigenvalue weighted by atomic mass is 19.1. The predicted octanol–water partition coefficient (Wildman–Crippen LogP) is 2.78. The van der Waals surface area contributed by atoms with E-state index in [4.69, 9.17) is 0 Å². The Morgan fingerprint density at radius 2 is 2.16 bits per heavy atom. The number of rotatable bonds is 3. The molecule has 1 aliphatic rings. The van der Waals surface area contributed by atoms with Gasteiger partial charge in [-0.3, -0.25) is 4.79 Å². The first-order valence-corrected chi connectivity index (χ1v) is 6.55. The molecule has 0 amide bonds. The van der Waals surface area contributed by atoms with Gasteiger partial charge in [0.2, 0.25) is 0 Å². The fraction of sp³-hybridized carbons (Fsp3) is 0.333. The van der Waals surface area contributed by atoms with Crippen LogP contribution >= 0.6 is 0 Å². The molecule has 3 nitrogen and oxygen atoms in total. The summed E-state index contributed by atoms with van der Waals surface area (Å²) in [6, 6.07) is 5.84. The summed E-state index contributed by atoms with van der Waals surface area (Å²) >= 11 is 0. The summed E-state index contributed by atoms with van der Waals surface area (Å²) in [4.78, 5) is 16.5. The van der Waals surface area contributed by atoms with Gasteiger partial charge in [0, 0.05) is 11.3 Å². The molecule has 0 unspecified atom stereocenters. The smallest absolute Gasteiger partial charge is 0.182 e. The molecule has 3 rings (SSSR count). The fourth-order valence-corrected chi connectivity index (χ4v) is 2.58. The third-order valence-electron chi connectivity index (χ3n) is 3.57. The number of imidazole rings is 1. The molecule has 0 atom stereocenters. The van der Waals surface area contributed by atoms with E-state index in [0.717, 1.165) is 30.7 Å². The Morgan fingerprint density at radius 3 is 3.00 bits per heavy atom. The number of hydrogen-bond donors (Lipinski definition) is 0. The lowest BCUT2D eigenvalue weighted by Gasteiger charge is -2.13. The number of hydrogen-bond acceptors (Lipinski definition) is 2. The van der Waals surface area contributed by atoms with E-state index in [1.165, 1.54) is 18.6 Å². The van der Waals surface area contributed by atoms with Gasteiger partial charge in [0.15, 0.2) is 5.78 Å². The lowest BCUT2D eigenvalue weighted by molar-refractivity contribution is 0.0970. The Labute approximate surface area is 111 Å². The topological polar surface area (TPSA) is 34.9 Å². The van der Waals surface area contributed by atoms with Crippen molar-refractivity contribution in [3.8, 4) is 0 Å². The van der Waals surface area contributed by atoms with Crippen molar-refractivity contribution in [2.24, 2.45) is 0 Å². The number of ketones is 1. The highest BCUT2D eigenvalue weighted by Gasteiger charge is 2.17. The molecule has 0 saturated carbocycles. The van der Waals surface area contributed by atoms with Crippen molar-refractivity contribution in [2.45, 2.75) is 32.2 Å². The van der Waals surface area contributed by atoms with Crippen molar-refractivity contribution in [1.82, 2.24) is 9.55 Å². The lowest BCUT2D eigenvalue weighted by atomic mass is 10.0. The van der Waals surface area contributed by atoms with Crippen molar-refractivity contribution in [3.05, 3.63) is 53.4 Å². The summed E-state index contributed by atoms with van der Waals surface area (Å²) in [7, 11) is 0. The Hall–Kier alpha value is -1.97. The molecular formula is C15H15FN2O. The van der Waals surface area contributed by atoms with E-state index in [-0.39, 0.29) is 18.1 Å². The number of halogens is 1. The maximum Gasteiger partial charge on any atom is 0.182 e. The molecule has 1 aliphatic carbocycles. The average Bonchev–Trinajstić information content (AvgIpc) is 2.82. The van der Waals surface area contributed by atoms with Crippen LogP contribution in [-0.4, -0.2) is 15.3 Å². The van der Waals surface area contributed by atoms with Gasteiger partial charge in [-0.2, -0.15) is 0 Å². The van der Waals surface area contributed by atoms with E-state index < -0.39 is 0 Å². The molecule has 0 bridgehead atoms. The molecule has 2 aromatic rings. The molecule has 0 saturated heterocycles. The molecule has 0 aliphatic heterocycles. The molecule has 19 heavy (non-hydrogen) atoms. The van der Waals surface area contributed by atoms with Crippen LogP contribution in [0.1, 0.15) is 34.6 Å². The van der Waals surface area contributed by atoms with Crippen molar-refractivity contribution in [3.63, 3.8) is 0 Å². The monoisotopic (exact) mass is 258 g/mol. The molecule has 1 heterocycles. The third kappa shape index (κ3) is 2.43. The first-order valence-electron chi connectivity index (χ1n) is 6.55. The Bertz CT molecular complexity index is 618. The van der Waals surface area contributed by atoms with Crippen LogP contribution in [0, 0.1) is 5.82 Å². The van der Waals surface area contributed by atoms with Crippen LogP contribution in [0.4, 0.5) is 4.39 Å². The molecule has 0 fully saturated rings. The van der Waals surface area contributed by atoms with Gasteiger partial charge in [-0.1, -0.05) is 12.1 Å². The van der Waals surface area contributed by atoms with Gasteiger partial charge < -0.3 is 4.57 Å². The maximum atomic E-state index is 13.1. The van der Waals surface area contributed by atoms with Gasteiger partial charge in [0.25, 0.3) is 0 Å². The second-order valence-electron chi connectivity index (χ2n) is 4.91. The molecule has 0 spiro atoms. The Balaban J connectivity index is 1.82. The van der Waals surface area contributed by atoms with E-state index in [1.54, 1.807) is 18.5 Å². The highest BCUT2D eigenvalue weighted by Crippen LogP contribution is 2.20. The van der Waals surface area contributed by atoms with Gasteiger partial charge in [0.1, 0.15) is 5.82 Å². The summed E-state index contributed by atoms with van der Waals surface area (Å²) < 4.78 is 15.0. The number of fused-ring (bicyclic) bond motifs is 1. The minimum atomic E-state index is -0.376. The van der Waals surface area contributed by atoms with Crippen molar-refractivity contribution in [1.29, 1.82) is 0 Å². The van der Waals surface area contributed by atoms with Crippen molar-refractivity contribution in [2.75, 3.05) is 0 Å². The quantitative estimate of drug-likeness (QED) is 0.793. The standard InChI is InChI=1S/C15H15FN2O/c16-12-5-3-4-11(8-12)15(19)9-18-10-17-13-6-1-2-7-14(13)18/h3-5,8,10H,1-2,6-7,9H2. The van der Waals surface area contributed by atoms with Crippen LogP contribution in [0.5, 0.6) is 0 Å². The minimum Gasteiger partial charge on any atom is -0.327 e. The molecule has 98 valence electrons. The van der Waals surface area contributed by atoms with Crippen LogP contribution in [0.25, 0.3) is 0 Å². The average molecular weight is 258 g/mol. The highest BCUT2D eigenvalue weighted by molar-refractivity contribution is 5.95. The molecule has 0 radical (unpaired) electrons. The Morgan fingerprint density at radius 1 is 1.32 bits per heavy atom. The number of carbonyl (C=O) groups excluding carboxylic acids is 1. The lowest BCUT2D eigenvalue weighted by Crippen LogP contribution is -2.14. The van der Waals surface area contributed by atoms with E-state index >= 15 is 0 Å². The number of Topliss-reactive ketones (excluding diaryl/α,β-unsaturated/α-hetero) is 1. The summed E-state index contributed by atoms with van der Waals surface area (Å²) in [6.45, 7) is 0.242. The van der Waals surface area contributed by atoms with Crippen LogP contribution in [0.2, 0.25) is 0 Å². The SMILES string of the molecule is O=C(Cn1cnc2c1CCCC2)c1cccc(F)c1. The number of benzene rings is 1. The summed E-state index contributed by atoms with van der Waals surface area (Å²) in [6.07, 6.45) is 6.02. The second kappa shape index (κ2) is 4.96. The van der Waals surface area contributed by atoms with Crippen LogP contribution < -0.4 is 0 Å². The first-order chi connectivity index (χ1) is 9.24. The normalized spacial score (nSPS) is 14.2. The summed E-state index contributed by atoms with van der Waals surface area (Å²) in [5.74, 6) is -0.455. The first kappa shape index (κ1) is 12.1. The Kier molecular flexibility index (Phi) is 3.15. The van der Waals surface area contributed by atoms with Crippen LogP contribution in [0.15, 0.2) is 30.6 Å². The minimum absolute atomic E-state index is 0.0785. The van der Waals surface area contributed by atoms with Gasteiger partial charge >= 0.3 is 0 Å².